The van der Waals surface area contributed by atoms with Crippen molar-refractivity contribution in [3.63, 3.8) is 0 Å². The summed E-state index contributed by atoms with van der Waals surface area (Å²) in [7, 11) is 0. The summed E-state index contributed by atoms with van der Waals surface area (Å²) in [6, 6.07) is 7.95. The number of nitrogens with zero attached hydrogens (tertiary/aromatic N) is 1. The predicted molar refractivity (Wildman–Crippen MR) is 88.8 cm³/mol. The van der Waals surface area contributed by atoms with Gasteiger partial charge in [-0.05, 0) is 58.2 Å². The van der Waals surface area contributed by atoms with Crippen molar-refractivity contribution in [1.29, 1.82) is 0 Å². The monoisotopic (exact) mass is 293 g/mol. The predicted octanol–water partition coefficient (Wildman–Crippen LogP) is 4.49. The van der Waals surface area contributed by atoms with Crippen molar-refractivity contribution >= 4 is 17.5 Å². The van der Waals surface area contributed by atoms with Gasteiger partial charge >= 0.3 is 0 Å². The number of benzene rings is 1. The molecular weight excluding hydrogens is 266 g/mol. The molecule has 0 saturated heterocycles. The number of thioether (sulfide) groups is 1. The van der Waals surface area contributed by atoms with E-state index in [4.69, 9.17) is 0 Å². The molecule has 0 saturated carbocycles. The molecule has 2 nitrogen and oxygen atoms in total. The maximum absolute atomic E-state index is 12.8. The van der Waals surface area contributed by atoms with Gasteiger partial charge in [0, 0.05) is 10.5 Å². The minimum Gasteiger partial charge on any atom is -0.292 e. The van der Waals surface area contributed by atoms with Crippen LogP contribution >= 0.6 is 11.8 Å². The van der Waals surface area contributed by atoms with Crippen LogP contribution in [0.4, 0.5) is 0 Å². The Kier molecular flexibility index (Phi) is 6.77. The van der Waals surface area contributed by atoms with E-state index < -0.39 is 5.54 Å². The van der Waals surface area contributed by atoms with Crippen LogP contribution in [0.3, 0.4) is 0 Å². The molecule has 1 aromatic carbocycles. The SMILES string of the molecule is CCCN(CCC)C(C)(C)C(=O)c1ccc(SC)cc1. The fourth-order valence-corrected chi connectivity index (χ4v) is 2.86. The van der Waals surface area contributed by atoms with Gasteiger partial charge in [0.1, 0.15) is 0 Å². The van der Waals surface area contributed by atoms with Gasteiger partial charge in [0.05, 0.1) is 5.54 Å². The first-order valence-corrected chi connectivity index (χ1v) is 8.63. The van der Waals surface area contributed by atoms with E-state index in [9.17, 15) is 4.79 Å². The molecule has 0 radical (unpaired) electrons. The lowest BCUT2D eigenvalue weighted by Crippen LogP contribution is -2.50. The second-order valence-corrected chi connectivity index (χ2v) is 6.48. The zero-order valence-corrected chi connectivity index (χ0v) is 14.2. The van der Waals surface area contributed by atoms with E-state index in [1.165, 1.54) is 4.90 Å². The van der Waals surface area contributed by atoms with Crippen LogP contribution < -0.4 is 0 Å². The van der Waals surface area contributed by atoms with Gasteiger partial charge in [-0.15, -0.1) is 11.8 Å². The van der Waals surface area contributed by atoms with Crippen LogP contribution in [0.25, 0.3) is 0 Å². The van der Waals surface area contributed by atoms with Crippen LogP contribution in [0.2, 0.25) is 0 Å². The van der Waals surface area contributed by atoms with E-state index in [2.05, 4.69) is 18.7 Å². The van der Waals surface area contributed by atoms with Crippen molar-refractivity contribution in [2.24, 2.45) is 0 Å². The third-order valence-electron chi connectivity index (χ3n) is 3.69. The van der Waals surface area contributed by atoms with E-state index in [0.717, 1.165) is 31.5 Å². The molecule has 0 amide bonds. The van der Waals surface area contributed by atoms with E-state index in [1.807, 2.05) is 44.4 Å². The van der Waals surface area contributed by atoms with Crippen molar-refractivity contribution in [1.82, 2.24) is 4.90 Å². The van der Waals surface area contributed by atoms with Crippen molar-refractivity contribution in [3.8, 4) is 0 Å². The van der Waals surface area contributed by atoms with Gasteiger partial charge in [-0.25, -0.2) is 0 Å². The summed E-state index contributed by atoms with van der Waals surface area (Å²) < 4.78 is 0. The lowest BCUT2D eigenvalue weighted by Gasteiger charge is -2.37. The number of carbonyl (C=O) groups excluding carboxylic acids is 1. The summed E-state index contributed by atoms with van der Waals surface area (Å²) in [5.41, 5.74) is 0.373. The Morgan fingerprint density at radius 3 is 2.00 bits per heavy atom. The van der Waals surface area contributed by atoms with E-state index in [-0.39, 0.29) is 5.78 Å². The smallest absolute Gasteiger partial charge is 0.182 e. The lowest BCUT2D eigenvalue weighted by molar-refractivity contribution is 0.0639. The van der Waals surface area contributed by atoms with Gasteiger partial charge in [0.15, 0.2) is 5.78 Å². The standard InChI is InChI=1S/C17H27NOS/c1-6-12-18(13-7-2)17(3,4)16(19)14-8-10-15(20-5)11-9-14/h8-11H,6-7,12-13H2,1-5H3. The van der Waals surface area contributed by atoms with Crippen molar-refractivity contribution < 1.29 is 4.79 Å². The normalized spacial score (nSPS) is 11.9. The molecule has 1 aromatic rings. The van der Waals surface area contributed by atoms with Crippen LogP contribution in [0.1, 0.15) is 50.9 Å². The fraction of sp³-hybridized carbons (Fsp3) is 0.588. The molecule has 112 valence electrons. The Hall–Kier alpha value is -0.800. The summed E-state index contributed by atoms with van der Waals surface area (Å²) in [4.78, 5) is 16.3. The number of hydrogen-bond acceptors (Lipinski definition) is 3. The van der Waals surface area contributed by atoms with Gasteiger partial charge < -0.3 is 0 Å². The number of Topliss-reactive ketones (excluding diaryl/α,β-unsaturated/α-hetero) is 1. The maximum Gasteiger partial charge on any atom is 0.182 e. The number of hydrogen-bond donors (Lipinski definition) is 0. The first-order chi connectivity index (χ1) is 9.47. The third-order valence-corrected chi connectivity index (χ3v) is 4.43. The average molecular weight is 293 g/mol. The first kappa shape index (κ1) is 17.3. The van der Waals surface area contributed by atoms with E-state index >= 15 is 0 Å². The highest BCUT2D eigenvalue weighted by Crippen LogP contribution is 2.23. The summed E-state index contributed by atoms with van der Waals surface area (Å²) >= 11 is 1.70. The van der Waals surface area contributed by atoms with Gasteiger partial charge in [0.25, 0.3) is 0 Å². The third kappa shape index (κ3) is 4.10. The second-order valence-electron chi connectivity index (χ2n) is 5.60. The highest BCUT2D eigenvalue weighted by molar-refractivity contribution is 7.98. The van der Waals surface area contributed by atoms with Gasteiger partial charge in [-0.1, -0.05) is 26.0 Å². The molecule has 0 aromatic heterocycles. The van der Waals surface area contributed by atoms with Gasteiger partial charge in [-0.2, -0.15) is 0 Å². The molecule has 0 bridgehead atoms. The molecule has 1 rings (SSSR count). The Morgan fingerprint density at radius 1 is 1.10 bits per heavy atom. The molecule has 0 N–H and O–H groups in total. The van der Waals surface area contributed by atoms with Crippen LogP contribution in [-0.2, 0) is 0 Å². The van der Waals surface area contributed by atoms with Crippen LogP contribution in [0.15, 0.2) is 29.2 Å². The van der Waals surface area contributed by atoms with Crippen LogP contribution in [-0.4, -0.2) is 35.6 Å². The molecule has 0 unspecified atom stereocenters. The van der Waals surface area contributed by atoms with Crippen molar-refractivity contribution in [3.05, 3.63) is 29.8 Å². The Bertz CT molecular complexity index is 419. The Morgan fingerprint density at radius 2 is 1.60 bits per heavy atom. The molecule has 20 heavy (non-hydrogen) atoms. The Balaban J connectivity index is 2.95. The summed E-state index contributed by atoms with van der Waals surface area (Å²) in [5.74, 6) is 0.215. The summed E-state index contributed by atoms with van der Waals surface area (Å²) in [6.45, 7) is 10.4. The van der Waals surface area contributed by atoms with Crippen molar-refractivity contribution in [2.75, 3.05) is 19.3 Å². The second kappa shape index (κ2) is 7.84. The minimum absolute atomic E-state index is 0.215. The lowest BCUT2D eigenvalue weighted by atomic mass is 9.91. The fourth-order valence-electron chi connectivity index (χ4n) is 2.45. The number of ketones is 1. The molecule has 0 aliphatic carbocycles. The first-order valence-electron chi connectivity index (χ1n) is 7.41. The largest absolute Gasteiger partial charge is 0.292 e. The van der Waals surface area contributed by atoms with Gasteiger partial charge in [-0.3, -0.25) is 9.69 Å². The molecule has 3 heteroatoms. The highest BCUT2D eigenvalue weighted by atomic mass is 32.2. The quantitative estimate of drug-likeness (QED) is 0.520. The molecule has 0 atom stereocenters. The van der Waals surface area contributed by atoms with Crippen LogP contribution in [0.5, 0.6) is 0 Å². The average Bonchev–Trinajstić information content (AvgIpc) is 2.46. The topological polar surface area (TPSA) is 20.3 Å². The highest BCUT2D eigenvalue weighted by Gasteiger charge is 2.34. The van der Waals surface area contributed by atoms with E-state index in [0.29, 0.717) is 0 Å². The zero-order valence-electron chi connectivity index (χ0n) is 13.4. The molecule has 0 aliphatic heterocycles. The number of rotatable bonds is 8. The molecule has 0 heterocycles. The minimum atomic E-state index is -0.438. The molecule has 0 aliphatic rings. The Labute approximate surface area is 127 Å². The summed E-state index contributed by atoms with van der Waals surface area (Å²) in [5, 5.41) is 0. The zero-order chi connectivity index (χ0) is 15.2. The molecule has 0 fully saturated rings. The molecular formula is C17H27NOS. The van der Waals surface area contributed by atoms with E-state index in [1.54, 1.807) is 11.8 Å². The van der Waals surface area contributed by atoms with Gasteiger partial charge in [0.2, 0.25) is 0 Å². The number of carbonyl (C=O) groups is 1. The molecule has 0 spiro atoms. The summed E-state index contributed by atoms with van der Waals surface area (Å²) in [6.07, 6.45) is 4.19. The maximum atomic E-state index is 12.8. The van der Waals surface area contributed by atoms with Crippen LogP contribution in [0, 0.1) is 0 Å². The van der Waals surface area contributed by atoms with Crippen molar-refractivity contribution in [2.45, 2.75) is 51.0 Å².